The lowest BCUT2D eigenvalue weighted by molar-refractivity contribution is 0.00309. The Kier molecular flexibility index (Phi) is 3.25. The molecule has 0 radical (unpaired) electrons. The van der Waals surface area contributed by atoms with Crippen LogP contribution < -0.4 is 0 Å². The Bertz CT molecular complexity index is 315. The number of allylic oxidation sites excluding steroid dienone is 2. The average molecular weight is 220 g/mol. The maximum Gasteiger partial charge on any atom is 0.0641 e. The van der Waals surface area contributed by atoms with E-state index in [4.69, 9.17) is 5.11 Å². The Balaban J connectivity index is 2.04. The predicted octanol–water partition coefficient (Wildman–Crippen LogP) is 3.70. The summed E-state index contributed by atoms with van der Waals surface area (Å²) in [5.41, 5.74) is 3.10. The fraction of sp³-hybridized carbons (Fsp3) is 0.733. The van der Waals surface area contributed by atoms with E-state index in [-0.39, 0.29) is 6.61 Å². The number of hydrogen-bond donors (Lipinski definition) is 1. The van der Waals surface area contributed by atoms with Crippen molar-refractivity contribution in [3.8, 4) is 0 Å². The zero-order valence-electron chi connectivity index (χ0n) is 10.6. The standard InChI is InChI=1S/C15H24O/c1-11(2)14-8-9-15(14,3)13-6-4-12(10-16)5-7-13/h4,13-14,16H,1,5-10H2,2-3H3/t13-,14-,15+/m0/s1. The van der Waals surface area contributed by atoms with Crippen molar-refractivity contribution in [3.05, 3.63) is 23.8 Å². The molecule has 0 aromatic heterocycles. The molecular weight excluding hydrogens is 196 g/mol. The molecule has 0 aromatic carbocycles. The minimum Gasteiger partial charge on any atom is -0.392 e. The van der Waals surface area contributed by atoms with Gasteiger partial charge in [-0.1, -0.05) is 25.2 Å². The van der Waals surface area contributed by atoms with E-state index >= 15 is 0 Å². The van der Waals surface area contributed by atoms with E-state index in [1.54, 1.807) is 0 Å². The molecule has 0 heterocycles. The van der Waals surface area contributed by atoms with Gasteiger partial charge in [-0.15, -0.1) is 0 Å². The normalized spacial score (nSPS) is 38.8. The van der Waals surface area contributed by atoms with E-state index in [9.17, 15) is 0 Å². The third-order valence-electron chi connectivity index (χ3n) is 5.00. The van der Waals surface area contributed by atoms with Crippen LogP contribution in [0.3, 0.4) is 0 Å². The van der Waals surface area contributed by atoms with Crippen molar-refractivity contribution >= 4 is 0 Å². The third-order valence-corrected chi connectivity index (χ3v) is 5.00. The molecule has 1 fully saturated rings. The minimum atomic E-state index is 0.257. The zero-order chi connectivity index (χ0) is 11.8. The first kappa shape index (κ1) is 11.9. The van der Waals surface area contributed by atoms with Crippen LogP contribution in [-0.4, -0.2) is 11.7 Å². The van der Waals surface area contributed by atoms with Crippen LogP contribution in [0.15, 0.2) is 23.8 Å². The largest absolute Gasteiger partial charge is 0.392 e. The van der Waals surface area contributed by atoms with E-state index in [1.807, 2.05) is 0 Å². The van der Waals surface area contributed by atoms with Gasteiger partial charge >= 0.3 is 0 Å². The maximum atomic E-state index is 9.11. The first-order chi connectivity index (χ1) is 7.58. The highest BCUT2D eigenvalue weighted by atomic mass is 16.3. The summed E-state index contributed by atoms with van der Waals surface area (Å²) in [6.45, 7) is 9.02. The van der Waals surface area contributed by atoms with Crippen LogP contribution in [0, 0.1) is 17.3 Å². The molecule has 90 valence electrons. The summed E-state index contributed by atoms with van der Waals surface area (Å²) in [4.78, 5) is 0. The lowest BCUT2D eigenvalue weighted by Crippen LogP contribution is -2.44. The number of rotatable bonds is 3. The summed E-state index contributed by atoms with van der Waals surface area (Å²) >= 11 is 0. The van der Waals surface area contributed by atoms with Gasteiger partial charge in [-0.05, 0) is 61.9 Å². The van der Waals surface area contributed by atoms with Crippen molar-refractivity contribution in [1.29, 1.82) is 0 Å². The first-order valence-corrected chi connectivity index (χ1v) is 6.52. The van der Waals surface area contributed by atoms with Crippen molar-refractivity contribution in [2.45, 2.75) is 46.0 Å². The van der Waals surface area contributed by atoms with Gasteiger partial charge in [0.2, 0.25) is 0 Å². The van der Waals surface area contributed by atoms with Crippen molar-refractivity contribution in [2.75, 3.05) is 6.61 Å². The summed E-state index contributed by atoms with van der Waals surface area (Å²) in [6.07, 6.45) is 8.48. The lowest BCUT2D eigenvalue weighted by Gasteiger charge is -2.53. The Morgan fingerprint density at radius 3 is 2.69 bits per heavy atom. The van der Waals surface area contributed by atoms with Gasteiger partial charge in [0.15, 0.2) is 0 Å². The molecule has 16 heavy (non-hydrogen) atoms. The van der Waals surface area contributed by atoms with Crippen LogP contribution in [-0.2, 0) is 0 Å². The van der Waals surface area contributed by atoms with Crippen LogP contribution in [0.25, 0.3) is 0 Å². The lowest BCUT2D eigenvalue weighted by atomic mass is 9.51. The van der Waals surface area contributed by atoms with Gasteiger partial charge in [-0.2, -0.15) is 0 Å². The fourth-order valence-electron chi connectivity index (χ4n) is 3.67. The molecule has 0 spiro atoms. The molecule has 0 bridgehead atoms. The van der Waals surface area contributed by atoms with Crippen LogP contribution >= 0.6 is 0 Å². The number of aliphatic hydroxyl groups excluding tert-OH is 1. The third kappa shape index (κ3) is 1.86. The highest BCUT2D eigenvalue weighted by Gasteiger charge is 2.47. The summed E-state index contributed by atoms with van der Waals surface area (Å²) in [5, 5.41) is 9.11. The number of hydrogen-bond acceptors (Lipinski definition) is 1. The van der Waals surface area contributed by atoms with Crippen molar-refractivity contribution in [1.82, 2.24) is 0 Å². The Morgan fingerprint density at radius 1 is 1.56 bits per heavy atom. The van der Waals surface area contributed by atoms with Crippen molar-refractivity contribution in [2.24, 2.45) is 17.3 Å². The van der Waals surface area contributed by atoms with E-state index in [2.05, 4.69) is 26.5 Å². The van der Waals surface area contributed by atoms with Crippen molar-refractivity contribution < 1.29 is 5.11 Å². The molecule has 1 N–H and O–H groups in total. The smallest absolute Gasteiger partial charge is 0.0641 e. The number of aliphatic hydroxyl groups is 1. The molecule has 2 aliphatic rings. The van der Waals surface area contributed by atoms with Crippen molar-refractivity contribution in [3.63, 3.8) is 0 Å². The van der Waals surface area contributed by atoms with Crippen LogP contribution in [0.5, 0.6) is 0 Å². The molecule has 2 rings (SSSR count). The molecule has 0 saturated heterocycles. The first-order valence-electron chi connectivity index (χ1n) is 6.52. The molecule has 0 amide bonds. The highest BCUT2D eigenvalue weighted by Crippen LogP contribution is 2.57. The Hall–Kier alpha value is -0.560. The SMILES string of the molecule is C=C(C)[C@@H]1CC[C@]1(C)[C@H]1CC=C(CO)CC1. The van der Waals surface area contributed by atoms with E-state index in [0.29, 0.717) is 5.41 Å². The van der Waals surface area contributed by atoms with Crippen LogP contribution in [0.1, 0.15) is 46.0 Å². The topological polar surface area (TPSA) is 20.2 Å². The quantitative estimate of drug-likeness (QED) is 0.719. The minimum absolute atomic E-state index is 0.257. The van der Waals surface area contributed by atoms with Crippen LogP contribution in [0.2, 0.25) is 0 Å². The predicted molar refractivity (Wildman–Crippen MR) is 68.2 cm³/mol. The molecule has 0 unspecified atom stereocenters. The highest BCUT2D eigenvalue weighted by molar-refractivity contribution is 5.15. The zero-order valence-corrected chi connectivity index (χ0v) is 10.6. The summed E-state index contributed by atoms with van der Waals surface area (Å²) in [6, 6.07) is 0. The molecule has 1 saturated carbocycles. The van der Waals surface area contributed by atoms with Gasteiger partial charge in [-0.3, -0.25) is 0 Å². The van der Waals surface area contributed by atoms with Gasteiger partial charge in [0.1, 0.15) is 0 Å². The van der Waals surface area contributed by atoms with Gasteiger partial charge in [0.05, 0.1) is 6.61 Å². The summed E-state index contributed by atoms with van der Waals surface area (Å²) in [5.74, 6) is 1.54. The maximum absolute atomic E-state index is 9.11. The summed E-state index contributed by atoms with van der Waals surface area (Å²) < 4.78 is 0. The van der Waals surface area contributed by atoms with Gasteiger partial charge in [0, 0.05) is 0 Å². The monoisotopic (exact) mass is 220 g/mol. The van der Waals surface area contributed by atoms with E-state index in [0.717, 1.165) is 24.7 Å². The average Bonchev–Trinajstić information content (AvgIpc) is 2.26. The second-order valence-corrected chi connectivity index (χ2v) is 5.94. The Labute approximate surface area is 99.3 Å². The van der Waals surface area contributed by atoms with Gasteiger partial charge in [-0.25, -0.2) is 0 Å². The molecule has 1 nitrogen and oxygen atoms in total. The van der Waals surface area contributed by atoms with E-state index < -0.39 is 0 Å². The van der Waals surface area contributed by atoms with Gasteiger partial charge < -0.3 is 5.11 Å². The second-order valence-electron chi connectivity index (χ2n) is 5.94. The van der Waals surface area contributed by atoms with Crippen LogP contribution in [0.4, 0.5) is 0 Å². The molecule has 3 atom stereocenters. The second kappa shape index (κ2) is 4.37. The van der Waals surface area contributed by atoms with Gasteiger partial charge in [0.25, 0.3) is 0 Å². The summed E-state index contributed by atoms with van der Waals surface area (Å²) in [7, 11) is 0. The molecule has 0 aromatic rings. The molecular formula is C15H24O. The molecule has 0 aliphatic heterocycles. The fourth-order valence-corrected chi connectivity index (χ4v) is 3.67. The van der Waals surface area contributed by atoms with E-state index in [1.165, 1.54) is 30.4 Å². The Morgan fingerprint density at radius 2 is 2.31 bits per heavy atom. The molecule has 2 aliphatic carbocycles. The molecule has 1 heteroatoms.